The SMILES string of the molecule is NS(=O)(=O)CCNC(=O)/C=C/c1ccc2c(c1)OCO2. The molecule has 1 aromatic carbocycles. The minimum atomic E-state index is -3.56. The van der Waals surface area contributed by atoms with Crippen molar-refractivity contribution in [3.63, 3.8) is 0 Å². The average Bonchev–Trinajstić information content (AvgIpc) is 2.82. The highest BCUT2D eigenvalue weighted by molar-refractivity contribution is 7.89. The monoisotopic (exact) mass is 298 g/mol. The van der Waals surface area contributed by atoms with Crippen molar-refractivity contribution in [2.24, 2.45) is 5.14 Å². The first kappa shape index (κ1) is 14.4. The Balaban J connectivity index is 1.87. The molecule has 0 aliphatic carbocycles. The molecule has 8 heteroatoms. The molecular formula is C12H14N2O5S. The second-order valence-electron chi connectivity index (χ2n) is 4.10. The van der Waals surface area contributed by atoms with Gasteiger partial charge in [0, 0.05) is 12.6 Å². The molecule has 0 spiro atoms. The zero-order valence-electron chi connectivity index (χ0n) is 10.5. The van der Waals surface area contributed by atoms with Crippen LogP contribution in [0.25, 0.3) is 6.08 Å². The fourth-order valence-corrected chi connectivity index (χ4v) is 1.95. The van der Waals surface area contributed by atoms with E-state index in [1.165, 1.54) is 6.08 Å². The number of primary sulfonamides is 1. The van der Waals surface area contributed by atoms with Gasteiger partial charge in [0.25, 0.3) is 0 Å². The number of ether oxygens (including phenoxy) is 2. The van der Waals surface area contributed by atoms with Crippen molar-refractivity contribution < 1.29 is 22.7 Å². The van der Waals surface area contributed by atoms with Crippen LogP contribution in [-0.2, 0) is 14.8 Å². The van der Waals surface area contributed by atoms with Gasteiger partial charge in [-0.3, -0.25) is 4.79 Å². The third kappa shape index (κ3) is 4.25. The Kier molecular flexibility index (Phi) is 4.26. The molecule has 108 valence electrons. The van der Waals surface area contributed by atoms with Crippen molar-refractivity contribution in [1.82, 2.24) is 5.32 Å². The van der Waals surface area contributed by atoms with Gasteiger partial charge in [0.1, 0.15) is 0 Å². The Morgan fingerprint density at radius 1 is 1.35 bits per heavy atom. The zero-order chi connectivity index (χ0) is 14.6. The van der Waals surface area contributed by atoms with E-state index >= 15 is 0 Å². The molecule has 0 aromatic heterocycles. The molecule has 2 rings (SSSR count). The van der Waals surface area contributed by atoms with Crippen molar-refractivity contribution in [2.45, 2.75) is 0 Å². The van der Waals surface area contributed by atoms with Crippen LogP contribution >= 0.6 is 0 Å². The van der Waals surface area contributed by atoms with E-state index in [2.05, 4.69) is 5.32 Å². The molecule has 1 aliphatic rings. The zero-order valence-corrected chi connectivity index (χ0v) is 11.4. The van der Waals surface area contributed by atoms with Gasteiger partial charge in [0.15, 0.2) is 11.5 Å². The Hall–Kier alpha value is -2.06. The molecule has 0 bridgehead atoms. The van der Waals surface area contributed by atoms with E-state index in [0.717, 1.165) is 5.56 Å². The van der Waals surface area contributed by atoms with Crippen LogP contribution in [0.3, 0.4) is 0 Å². The van der Waals surface area contributed by atoms with Gasteiger partial charge < -0.3 is 14.8 Å². The summed E-state index contributed by atoms with van der Waals surface area (Å²) >= 11 is 0. The quantitative estimate of drug-likeness (QED) is 0.734. The second-order valence-corrected chi connectivity index (χ2v) is 5.84. The van der Waals surface area contributed by atoms with E-state index in [4.69, 9.17) is 14.6 Å². The van der Waals surface area contributed by atoms with Crippen LogP contribution in [0, 0.1) is 0 Å². The molecule has 1 aliphatic heterocycles. The highest BCUT2D eigenvalue weighted by Crippen LogP contribution is 2.32. The molecule has 0 radical (unpaired) electrons. The largest absolute Gasteiger partial charge is 0.454 e. The molecule has 3 N–H and O–H groups in total. The Bertz CT molecular complexity index is 639. The molecular weight excluding hydrogens is 284 g/mol. The number of rotatable bonds is 5. The van der Waals surface area contributed by atoms with Crippen LogP contribution in [0.2, 0.25) is 0 Å². The molecule has 0 saturated carbocycles. The number of amides is 1. The van der Waals surface area contributed by atoms with Crippen LogP contribution < -0.4 is 19.9 Å². The first-order valence-corrected chi connectivity index (χ1v) is 7.52. The van der Waals surface area contributed by atoms with Gasteiger partial charge in [-0.15, -0.1) is 0 Å². The number of nitrogens with one attached hydrogen (secondary N) is 1. The summed E-state index contributed by atoms with van der Waals surface area (Å²) in [6.07, 6.45) is 2.90. The van der Waals surface area contributed by atoms with Crippen LogP contribution in [0.15, 0.2) is 24.3 Å². The number of benzene rings is 1. The lowest BCUT2D eigenvalue weighted by Gasteiger charge is -2.00. The summed E-state index contributed by atoms with van der Waals surface area (Å²) in [5.41, 5.74) is 0.774. The minimum absolute atomic E-state index is 0.0247. The summed E-state index contributed by atoms with van der Waals surface area (Å²) < 4.78 is 31.7. The molecule has 20 heavy (non-hydrogen) atoms. The number of sulfonamides is 1. The Morgan fingerprint density at radius 2 is 2.10 bits per heavy atom. The number of carbonyl (C=O) groups is 1. The molecule has 0 atom stereocenters. The summed E-state index contributed by atoms with van der Waals surface area (Å²) in [7, 11) is -3.56. The lowest BCUT2D eigenvalue weighted by atomic mass is 10.2. The minimum Gasteiger partial charge on any atom is -0.454 e. The standard InChI is InChI=1S/C12H14N2O5S/c13-20(16,17)6-5-14-12(15)4-2-9-1-3-10-11(7-9)19-8-18-10/h1-4,7H,5-6,8H2,(H,14,15)(H2,13,16,17)/b4-2+. The van der Waals surface area contributed by atoms with E-state index in [1.54, 1.807) is 24.3 Å². The average molecular weight is 298 g/mol. The van der Waals surface area contributed by atoms with E-state index in [9.17, 15) is 13.2 Å². The molecule has 0 unspecified atom stereocenters. The maximum Gasteiger partial charge on any atom is 0.244 e. The van der Waals surface area contributed by atoms with Crippen LogP contribution in [0.5, 0.6) is 11.5 Å². The topological polar surface area (TPSA) is 108 Å². The highest BCUT2D eigenvalue weighted by Gasteiger charge is 2.12. The molecule has 1 aromatic rings. The van der Waals surface area contributed by atoms with Gasteiger partial charge in [-0.2, -0.15) is 0 Å². The second kappa shape index (κ2) is 5.93. The highest BCUT2D eigenvalue weighted by atomic mass is 32.2. The normalized spacial score (nSPS) is 13.7. The molecule has 0 saturated heterocycles. The summed E-state index contributed by atoms with van der Waals surface area (Å²) in [5, 5.41) is 7.24. The van der Waals surface area contributed by atoms with Crippen molar-refractivity contribution in [3.8, 4) is 11.5 Å². The van der Waals surface area contributed by atoms with Gasteiger partial charge >= 0.3 is 0 Å². The number of fused-ring (bicyclic) bond motifs is 1. The van der Waals surface area contributed by atoms with E-state index in [1.807, 2.05) is 0 Å². The van der Waals surface area contributed by atoms with Crippen molar-refractivity contribution in [3.05, 3.63) is 29.8 Å². The number of nitrogens with two attached hydrogens (primary N) is 1. The summed E-state index contributed by atoms with van der Waals surface area (Å²) in [6, 6.07) is 5.28. The first-order chi connectivity index (χ1) is 9.44. The van der Waals surface area contributed by atoms with Gasteiger partial charge in [-0.25, -0.2) is 13.6 Å². The van der Waals surface area contributed by atoms with Crippen molar-refractivity contribution in [1.29, 1.82) is 0 Å². The number of hydrogen-bond donors (Lipinski definition) is 2. The molecule has 7 nitrogen and oxygen atoms in total. The lowest BCUT2D eigenvalue weighted by molar-refractivity contribution is -0.116. The van der Waals surface area contributed by atoms with E-state index < -0.39 is 15.9 Å². The predicted molar refractivity (Wildman–Crippen MR) is 72.6 cm³/mol. The summed E-state index contributed by atoms with van der Waals surface area (Å²) in [4.78, 5) is 11.4. The molecule has 0 fully saturated rings. The van der Waals surface area contributed by atoms with Crippen LogP contribution in [0.4, 0.5) is 0 Å². The third-order valence-electron chi connectivity index (χ3n) is 2.51. The van der Waals surface area contributed by atoms with Crippen LogP contribution in [-0.4, -0.2) is 33.4 Å². The Morgan fingerprint density at radius 3 is 2.85 bits per heavy atom. The summed E-state index contributed by atoms with van der Waals surface area (Å²) in [5.74, 6) is 0.601. The fraction of sp³-hybridized carbons (Fsp3) is 0.250. The van der Waals surface area contributed by atoms with E-state index in [0.29, 0.717) is 11.5 Å². The first-order valence-electron chi connectivity index (χ1n) is 5.80. The number of hydrogen-bond acceptors (Lipinski definition) is 5. The van der Waals surface area contributed by atoms with Gasteiger partial charge in [0.05, 0.1) is 5.75 Å². The fourth-order valence-electron chi connectivity index (χ4n) is 1.56. The Labute approximate surface area is 116 Å². The third-order valence-corrected chi connectivity index (χ3v) is 3.28. The van der Waals surface area contributed by atoms with Gasteiger partial charge in [-0.05, 0) is 23.8 Å². The van der Waals surface area contributed by atoms with E-state index in [-0.39, 0.29) is 19.1 Å². The van der Waals surface area contributed by atoms with Crippen LogP contribution in [0.1, 0.15) is 5.56 Å². The summed E-state index contributed by atoms with van der Waals surface area (Å²) in [6.45, 7) is 0.166. The molecule has 1 heterocycles. The van der Waals surface area contributed by atoms with Gasteiger partial charge in [0.2, 0.25) is 22.7 Å². The smallest absolute Gasteiger partial charge is 0.244 e. The molecule has 1 amide bonds. The predicted octanol–water partition coefficient (Wildman–Crippen LogP) is -0.167. The lowest BCUT2D eigenvalue weighted by Crippen LogP contribution is -2.30. The van der Waals surface area contributed by atoms with Gasteiger partial charge in [-0.1, -0.05) is 6.07 Å². The maximum absolute atomic E-state index is 11.4. The van der Waals surface area contributed by atoms with Crippen molar-refractivity contribution >= 4 is 22.0 Å². The maximum atomic E-state index is 11.4. The van der Waals surface area contributed by atoms with Crippen molar-refractivity contribution in [2.75, 3.05) is 19.1 Å². The number of carbonyl (C=O) groups excluding carboxylic acids is 1.